The molecular weight excluding hydrogens is 543 g/mol. The lowest BCUT2D eigenvalue weighted by Gasteiger charge is -2.16. The number of hydrogen-bond donors (Lipinski definition) is 1. The summed E-state index contributed by atoms with van der Waals surface area (Å²) in [6.45, 7) is 11.8. The van der Waals surface area contributed by atoms with Crippen molar-refractivity contribution in [2.24, 2.45) is 0 Å². The molecule has 192 valence electrons. The Kier molecular flexibility index (Phi) is 9.84. The van der Waals surface area contributed by atoms with E-state index >= 15 is 0 Å². The monoisotopic (exact) mass is 568 g/mol. The van der Waals surface area contributed by atoms with Gasteiger partial charge in [-0.05, 0) is 51.5 Å². The average molecular weight is 570 g/mol. The van der Waals surface area contributed by atoms with Crippen LogP contribution in [0.25, 0.3) is 0 Å². The van der Waals surface area contributed by atoms with E-state index in [0.717, 1.165) is 10.4 Å². The highest BCUT2D eigenvalue weighted by Gasteiger charge is 2.23. The van der Waals surface area contributed by atoms with Gasteiger partial charge in [0, 0.05) is 16.4 Å². The Morgan fingerprint density at radius 3 is 2.72 bits per heavy atom. The van der Waals surface area contributed by atoms with Crippen molar-refractivity contribution < 1.29 is 19.1 Å². The lowest BCUT2D eigenvalue weighted by molar-refractivity contribution is -0.113. The van der Waals surface area contributed by atoms with Gasteiger partial charge in [0.1, 0.15) is 10.8 Å². The second-order valence-corrected chi connectivity index (χ2v) is 10.6. The Labute approximate surface area is 228 Å². The Morgan fingerprint density at radius 1 is 1.31 bits per heavy atom. The van der Waals surface area contributed by atoms with E-state index in [1.165, 1.54) is 23.1 Å². The molecular formula is C24H26Cl2N4O4S2. The number of benzene rings is 1. The molecule has 8 nitrogen and oxygen atoms in total. The number of aromatic nitrogens is 3. The summed E-state index contributed by atoms with van der Waals surface area (Å²) in [5, 5.41) is 13.3. The fraction of sp³-hybridized carbons (Fsp3) is 0.333. The minimum Gasteiger partial charge on any atom is -0.481 e. The molecule has 0 aliphatic rings. The zero-order chi connectivity index (χ0) is 26.4. The van der Waals surface area contributed by atoms with Gasteiger partial charge in [-0.3, -0.25) is 9.36 Å². The molecule has 1 amide bonds. The maximum absolute atomic E-state index is 12.7. The molecule has 2 aromatic heterocycles. The second-order valence-electron chi connectivity index (χ2n) is 7.62. The fourth-order valence-electron chi connectivity index (χ4n) is 3.28. The topological polar surface area (TPSA) is 95.3 Å². The van der Waals surface area contributed by atoms with E-state index in [0.29, 0.717) is 43.9 Å². The molecule has 0 aliphatic heterocycles. The molecule has 12 heteroatoms. The molecule has 1 N–H and O–H groups in total. The van der Waals surface area contributed by atoms with Gasteiger partial charge in [0.25, 0.3) is 0 Å². The molecule has 1 aromatic carbocycles. The number of esters is 1. The van der Waals surface area contributed by atoms with Crippen LogP contribution in [0.4, 0.5) is 5.00 Å². The number of amides is 1. The van der Waals surface area contributed by atoms with Gasteiger partial charge in [-0.2, -0.15) is 0 Å². The third-order valence-electron chi connectivity index (χ3n) is 5.07. The molecule has 1 atom stereocenters. The van der Waals surface area contributed by atoms with Gasteiger partial charge >= 0.3 is 5.97 Å². The number of nitrogens with zero attached hydrogens (tertiary/aromatic N) is 3. The molecule has 36 heavy (non-hydrogen) atoms. The van der Waals surface area contributed by atoms with E-state index in [1.807, 2.05) is 25.3 Å². The summed E-state index contributed by atoms with van der Waals surface area (Å²) >= 11 is 14.8. The number of halogens is 2. The van der Waals surface area contributed by atoms with Crippen molar-refractivity contribution in [2.45, 2.75) is 45.5 Å². The van der Waals surface area contributed by atoms with Crippen LogP contribution in [0.3, 0.4) is 0 Å². The van der Waals surface area contributed by atoms with Crippen molar-refractivity contribution in [2.75, 3.05) is 17.7 Å². The number of ether oxygens (including phenoxy) is 2. The van der Waals surface area contributed by atoms with E-state index < -0.39 is 12.1 Å². The van der Waals surface area contributed by atoms with Gasteiger partial charge in [-0.1, -0.05) is 41.0 Å². The summed E-state index contributed by atoms with van der Waals surface area (Å²) in [4.78, 5) is 26.1. The summed E-state index contributed by atoms with van der Waals surface area (Å²) in [5.41, 5.74) is 1.19. The Bertz CT molecular complexity index is 1280. The summed E-state index contributed by atoms with van der Waals surface area (Å²) < 4.78 is 13.0. The molecule has 0 bridgehead atoms. The first-order valence-electron chi connectivity index (χ1n) is 11.0. The summed E-state index contributed by atoms with van der Waals surface area (Å²) in [5.74, 6) is 0.351. The maximum atomic E-state index is 12.7. The zero-order valence-electron chi connectivity index (χ0n) is 20.3. The first kappa shape index (κ1) is 28.0. The lowest BCUT2D eigenvalue weighted by atomic mass is 10.1. The van der Waals surface area contributed by atoms with Crippen molar-refractivity contribution in [1.29, 1.82) is 0 Å². The number of carbonyl (C=O) groups excluding carboxylic acids is 2. The van der Waals surface area contributed by atoms with Gasteiger partial charge in [0.2, 0.25) is 5.91 Å². The first-order valence-corrected chi connectivity index (χ1v) is 13.6. The van der Waals surface area contributed by atoms with E-state index in [4.69, 9.17) is 32.7 Å². The first-order chi connectivity index (χ1) is 17.2. The predicted octanol–water partition coefficient (Wildman–Crippen LogP) is 6.50. The molecule has 2 heterocycles. The molecule has 3 rings (SSSR count). The Balaban J connectivity index is 1.72. The number of thioether (sulfide) groups is 1. The van der Waals surface area contributed by atoms with E-state index in [9.17, 15) is 9.59 Å². The van der Waals surface area contributed by atoms with E-state index in [2.05, 4.69) is 22.1 Å². The van der Waals surface area contributed by atoms with Gasteiger partial charge in [-0.25, -0.2) is 4.79 Å². The van der Waals surface area contributed by atoms with Gasteiger partial charge in [-0.15, -0.1) is 28.1 Å². The molecule has 0 saturated heterocycles. The number of allylic oxidation sites excluding steroid dienone is 1. The SMILES string of the molecule is C=CCn1c(SCC(=O)Nc2sc(C)c(C)c2C(=O)OCC)nnc1C(C)Oc1ccc(Cl)cc1Cl. The molecule has 0 fully saturated rings. The standard InChI is InChI=1S/C24H26Cl2N4O4S2/c1-6-10-30-21(14(4)34-18-9-8-16(25)11-17(18)26)28-29-24(30)35-12-19(31)27-22-20(23(32)33-7-2)13(3)15(5)36-22/h6,8-9,11,14H,1,7,10,12H2,2-5H3,(H,27,31). The highest BCUT2D eigenvalue weighted by molar-refractivity contribution is 7.99. The smallest absolute Gasteiger partial charge is 0.341 e. The minimum absolute atomic E-state index is 0.0613. The number of rotatable bonds is 11. The highest BCUT2D eigenvalue weighted by Crippen LogP contribution is 2.34. The van der Waals surface area contributed by atoms with Crippen LogP contribution in [0.15, 0.2) is 36.0 Å². The number of aryl methyl sites for hydroxylation is 1. The maximum Gasteiger partial charge on any atom is 0.341 e. The van der Waals surface area contributed by atoms with Crippen LogP contribution in [-0.4, -0.2) is 39.0 Å². The molecule has 0 aliphatic carbocycles. The van der Waals surface area contributed by atoms with Gasteiger partial charge < -0.3 is 14.8 Å². The van der Waals surface area contributed by atoms with Crippen LogP contribution in [0.1, 0.15) is 46.6 Å². The largest absolute Gasteiger partial charge is 0.481 e. The lowest BCUT2D eigenvalue weighted by Crippen LogP contribution is -2.17. The number of anilines is 1. The molecule has 0 spiro atoms. The number of carbonyl (C=O) groups is 2. The Morgan fingerprint density at radius 2 is 2.06 bits per heavy atom. The van der Waals surface area contributed by atoms with Crippen molar-refractivity contribution in [3.63, 3.8) is 0 Å². The highest BCUT2D eigenvalue weighted by atomic mass is 35.5. The molecule has 1 unspecified atom stereocenters. The zero-order valence-corrected chi connectivity index (χ0v) is 23.4. The van der Waals surface area contributed by atoms with E-state index in [1.54, 1.807) is 31.2 Å². The quantitative estimate of drug-likeness (QED) is 0.160. The van der Waals surface area contributed by atoms with Crippen LogP contribution in [0.5, 0.6) is 5.75 Å². The van der Waals surface area contributed by atoms with Crippen molar-refractivity contribution in [1.82, 2.24) is 14.8 Å². The summed E-state index contributed by atoms with van der Waals surface area (Å²) in [6.07, 6.45) is 1.23. The third-order valence-corrected chi connectivity index (χ3v) is 7.69. The van der Waals surface area contributed by atoms with Crippen LogP contribution in [0.2, 0.25) is 10.0 Å². The van der Waals surface area contributed by atoms with Crippen molar-refractivity contribution >= 4 is 63.2 Å². The number of thiophene rings is 1. The average Bonchev–Trinajstić information content (AvgIpc) is 3.34. The normalized spacial score (nSPS) is 11.7. The predicted molar refractivity (Wildman–Crippen MR) is 145 cm³/mol. The van der Waals surface area contributed by atoms with Gasteiger partial charge in [0.15, 0.2) is 17.1 Å². The Hall–Kier alpha value is -2.53. The number of hydrogen-bond acceptors (Lipinski definition) is 8. The fourth-order valence-corrected chi connectivity index (χ4v) is 5.55. The van der Waals surface area contributed by atoms with Crippen LogP contribution in [-0.2, 0) is 16.1 Å². The van der Waals surface area contributed by atoms with Crippen LogP contribution in [0, 0.1) is 13.8 Å². The molecule has 0 saturated carbocycles. The second kappa shape index (κ2) is 12.6. The van der Waals surface area contributed by atoms with Crippen LogP contribution >= 0.6 is 46.3 Å². The van der Waals surface area contributed by atoms with Crippen molar-refractivity contribution in [3.05, 3.63) is 62.7 Å². The molecule has 0 radical (unpaired) electrons. The summed E-state index contributed by atoms with van der Waals surface area (Å²) in [7, 11) is 0. The summed E-state index contributed by atoms with van der Waals surface area (Å²) in [6, 6.07) is 4.98. The van der Waals surface area contributed by atoms with Crippen molar-refractivity contribution in [3.8, 4) is 5.75 Å². The van der Waals surface area contributed by atoms with E-state index in [-0.39, 0.29) is 18.3 Å². The van der Waals surface area contributed by atoms with Gasteiger partial charge in [0.05, 0.1) is 22.9 Å². The number of nitrogens with one attached hydrogen (secondary N) is 1. The molecule has 3 aromatic rings. The third kappa shape index (κ3) is 6.61. The minimum atomic E-state index is -0.483. The van der Waals surface area contributed by atoms with Crippen LogP contribution < -0.4 is 10.1 Å².